The van der Waals surface area contributed by atoms with Crippen LogP contribution in [0.5, 0.6) is 0 Å². The summed E-state index contributed by atoms with van der Waals surface area (Å²) in [5.74, 6) is -0.709. The molecule has 0 spiro atoms. The van der Waals surface area contributed by atoms with Gasteiger partial charge in [-0.2, -0.15) is 0 Å². The lowest BCUT2D eigenvalue weighted by Crippen LogP contribution is -2.30. The van der Waals surface area contributed by atoms with Crippen molar-refractivity contribution in [2.45, 2.75) is 20.0 Å². The third-order valence-corrected chi connectivity index (χ3v) is 2.87. The van der Waals surface area contributed by atoms with Crippen LogP contribution < -0.4 is 0 Å². The third kappa shape index (κ3) is 2.85. The summed E-state index contributed by atoms with van der Waals surface area (Å²) < 4.78 is 6.43. The monoisotopic (exact) mass is 278 g/mol. The van der Waals surface area contributed by atoms with Gasteiger partial charge in [0.15, 0.2) is 5.69 Å². The van der Waals surface area contributed by atoms with Gasteiger partial charge >= 0.3 is 5.97 Å². The lowest BCUT2D eigenvalue weighted by Gasteiger charge is -2.15. The Morgan fingerprint density at radius 2 is 2.25 bits per heavy atom. The minimum absolute atomic E-state index is 0.0661. The fraction of sp³-hybridized carbons (Fsp3) is 0.333. The summed E-state index contributed by atoms with van der Waals surface area (Å²) in [6.45, 7) is 1.83. The van der Waals surface area contributed by atoms with Gasteiger partial charge in [-0.15, -0.1) is 5.10 Å². The van der Waals surface area contributed by atoms with Gasteiger partial charge in [-0.1, -0.05) is 5.21 Å². The van der Waals surface area contributed by atoms with E-state index in [-0.39, 0.29) is 18.1 Å². The van der Waals surface area contributed by atoms with Gasteiger partial charge < -0.3 is 14.4 Å². The molecule has 2 rings (SSSR count). The van der Waals surface area contributed by atoms with Crippen LogP contribution in [0.2, 0.25) is 0 Å². The molecule has 0 aliphatic carbocycles. The lowest BCUT2D eigenvalue weighted by atomic mass is 10.3. The Hall–Kier alpha value is -2.64. The van der Waals surface area contributed by atoms with E-state index in [2.05, 4.69) is 10.3 Å². The van der Waals surface area contributed by atoms with Crippen LogP contribution in [0.4, 0.5) is 0 Å². The summed E-state index contributed by atoms with van der Waals surface area (Å²) in [6, 6.07) is 3.52. The summed E-state index contributed by atoms with van der Waals surface area (Å²) in [5.41, 5.74) is 0.198. The number of hydrogen-bond acceptors (Lipinski definition) is 5. The van der Waals surface area contributed by atoms with Crippen molar-refractivity contribution >= 4 is 11.9 Å². The maximum atomic E-state index is 12.0. The fourth-order valence-corrected chi connectivity index (χ4v) is 1.68. The van der Waals surface area contributed by atoms with E-state index in [0.717, 1.165) is 0 Å². The second kappa shape index (κ2) is 5.55. The van der Waals surface area contributed by atoms with Gasteiger partial charge in [-0.3, -0.25) is 4.79 Å². The molecule has 8 heteroatoms. The van der Waals surface area contributed by atoms with Crippen LogP contribution in [0.1, 0.15) is 21.9 Å². The molecule has 0 atom stereocenters. The first-order valence-electron chi connectivity index (χ1n) is 5.88. The number of carboxylic acid groups (broad SMARTS) is 1. The van der Waals surface area contributed by atoms with Crippen LogP contribution in [-0.2, 0) is 17.9 Å². The first-order valence-corrected chi connectivity index (χ1v) is 5.88. The highest BCUT2D eigenvalue weighted by Crippen LogP contribution is 2.07. The first-order chi connectivity index (χ1) is 9.49. The number of carboxylic acids is 1. The normalized spacial score (nSPS) is 10.5. The van der Waals surface area contributed by atoms with E-state index in [4.69, 9.17) is 9.52 Å². The quantitative estimate of drug-likeness (QED) is 0.856. The number of aromatic carboxylic acids is 1. The molecule has 0 radical (unpaired) electrons. The van der Waals surface area contributed by atoms with Gasteiger partial charge in [0.1, 0.15) is 12.3 Å². The zero-order valence-electron chi connectivity index (χ0n) is 11.1. The Morgan fingerprint density at radius 3 is 2.80 bits per heavy atom. The maximum absolute atomic E-state index is 12.0. The molecule has 0 aliphatic heterocycles. The Bertz CT molecular complexity index is 617. The van der Waals surface area contributed by atoms with Gasteiger partial charge in [0.2, 0.25) is 5.91 Å². The molecule has 106 valence electrons. The predicted molar refractivity (Wildman–Crippen MR) is 66.9 cm³/mol. The van der Waals surface area contributed by atoms with E-state index in [1.807, 2.05) is 0 Å². The highest BCUT2D eigenvalue weighted by atomic mass is 16.4. The highest BCUT2D eigenvalue weighted by Gasteiger charge is 2.18. The summed E-state index contributed by atoms with van der Waals surface area (Å²) in [6.07, 6.45) is 1.54. The van der Waals surface area contributed by atoms with E-state index in [1.54, 1.807) is 26.1 Å². The van der Waals surface area contributed by atoms with Gasteiger partial charge in [0.25, 0.3) is 0 Å². The van der Waals surface area contributed by atoms with Gasteiger partial charge in [0.05, 0.1) is 18.5 Å². The summed E-state index contributed by atoms with van der Waals surface area (Å²) in [5, 5.41) is 16.1. The number of furan rings is 1. The van der Waals surface area contributed by atoms with Crippen LogP contribution in [0.25, 0.3) is 0 Å². The maximum Gasteiger partial charge on any atom is 0.358 e. The number of carbonyl (C=O) groups is 2. The molecule has 1 N–H and O–H groups in total. The summed E-state index contributed by atoms with van der Waals surface area (Å²) in [7, 11) is 1.63. The van der Waals surface area contributed by atoms with Gasteiger partial charge in [0, 0.05) is 7.05 Å². The van der Waals surface area contributed by atoms with Crippen LogP contribution in [0, 0.1) is 6.92 Å². The average molecular weight is 278 g/mol. The van der Waals surface area contributed by atoms with E-state index < -0.39 is 5.97 Å². The van der Waals surface area contributed by atoms with E-state index >= 15 is 0 Å². The molecule has 0 aromatic carbocycles. The van der Waals surface area contributed by atoms with Crippen molar-refractivity contribution in [3.8, 4) is 0 Å². The number of aromatic nitrogens is 3. The Kier molecular flexibility index (Phi) is 3.83. The number of carbonyl (C=O) groups excluding carboxylic acids is 1. The number of hydrogen-bond donors (Lipinski definition) is 1. The standard InChI is InChI=1S/C12H14N4O4/c1-8-11(12(18)19)13-14-16(8)7-10(17)15(2)6-9-4-3-5-20-9/h3-5H,6-7H2,1-2H3,(H,18,19). The Balaban J connectivity index is 2.02. The van der Waals surface area contributed by atoms with Crippen molar-refractivity contribution in [1.29, 1.82) is 0 Å². The minimum Gasteiger partial charge on any atom is -0.476 e. The van der Waals surface area contributed by atoms with E-state index in [1.165, 1.54) is 15.8 Å². The number of likely N-dealkylation sites (N-methyl/N-ethyl adjacent to an activating group) is 1. The Labute approximate surface area is 114 Å². The average Bonchev–Trinajstić information content (AvgIpc) is 3.00. The second-order valence-corrected chi connectivity index (χ2v) is 4.32. The molecular formula is C12H14N4O4. The topological polar surface area (TPSA) is 101 Å². The summed E-state index contributed by atoms with van der Waals surface area (Å²) in [4.78, 5) is 24.3. The van der Waals surface area contributed by atoms with Crippen LogP contribution in [0.15, 0.2) is 22.8 Å². The van der Waals surface area contributed by atoms with Crippen molar-refractivity contribution in [2.75, 3.05) is 7.05 Å². The number of rotatable bonds is 5. The van der Waals surface area contributed by atoms with Crippen molar-refractivity contribution in [1.82, 2.24) is 19.9 Å². The van der Waals surface area contributed by atoms with Crippen LogP contribution in [-0.4, -0.2) is 43.9 Å². The molecule has 0 saturated heterocycles. The van der Waals surface area contributed by atoms with Crippen molar-refractivity contribution in [2.24, 2.45) is 0 Å². The van der Waals surface area contributed by atoms with Crippen LogP contribution >= 0.6 is 0 Å². The summed E-state index contributed by atoms with van der Waals surface area (Å²) >= 11 is 0. The molecule has 0 saturated carbocycles. The van der Waals surface area contributed by atoms with Crippen molar-refractivity contribution < 1.29 is 19.1 Å². The molecular weight excluding hydrogens is 264 g/mol. The highest BCUT2D eigenvalue weighted by molar-refractivity contribution is 5.86. The molecule has 8 nitrogen and oxygen atoms in total. The zero-order valence-corrected chi connectivity index (χ0v) is 11.1. The smallest absolute Gasteiger partial charge is 0.358 e. The molecule has 2 heterocycles. The number of amides is 1. The largest absolute Gasteiger partial charge is 0.476 e. The zero-order chi connectivity index (χ0) is 14.7. The molecule has 0 fully saturated rings. The number of nitrogens with zero attached hydrogens (tertiary/aromatic N) is 4. The first kappa shape index (κ1) is 13.8. The molecule has 20 heavy (non-hydrogen) atoms. The van der Waals surface area contributed by atoms with Gasteiger partial charge in [-0.05, 0) is 19.1 Å². The molecule has 2 aromatic rings. The van der Waals surface area contributed by atoms with E-state index in [9.17, 15) is 9.59 Å². The van der Waals surface area contributed by atoms with Crippen molar-refractivity contribution in [3.63, 3.8) is 0 Å². The lowest BCUT2D eigenvalue weighted by molar-refractivity contribution is -0.131. The fourth-order valence-electron chi connectivity index (χ4n) is 1.68. The SMILES string of the molecule is Cc1c(C(=O)O)nnn1CC(=O)N(C)Cc1ccco1. The molecule has 1 amide bonds. The van der Waals surface area contributed by atoms with E-state index in [0.29, 0.717) is 18.0 Å². The molecule has 0 bridgehead atoms. The van der Waals surface area contributed by atoms with Crippen LogP contribution in [0.3, 0.4) is 0 Å². The Morgan fingerprint density at radius 1 is 1.50 bits per heavy atom. The second-order valence-electron chi connectivity index (χ2n) is 4.32. The molecule has 2 aromatic heterocycles. The minimum atomic E-state index is -1.16. The predicted octanol–water partition coefficient (Wildman–Crippen LogP) is 0.536. The molecule has 0 aliphatic rings. The molecule has 0 unspecified atom stereocenters. The van der Waals surface area contributed by atoms with Gasteiger partial charge in [-0.25, -0.2) is 9.48 Å². The third-order valence-electron chi connectivity index (χ3n) is 2.87. The van der Waals surface area contributed by atoms with Crippen molar-refractivity contribution in [3.05, 3.63) is 35.5 Å².